The van der Waals surface area contributed by atoms with Crippen molar-refractivity contribution in [3.8, 4) is 6.07 Å². The van der Waals surface area contributed by atoms with Crippen molar-refractivity contribution in [3.05, 3.63) is 105 Å². The van der Waals surface area contributed by atoms with Crippen LogP contribution in [0.4, 0.5) is 15.8 Å². The maximum Gasteiger partial charge on any atom is 0.269 e. The molecule has 3 aromatic rings. The molecular weight excluding hydrogens is 496 g/mol. The summed E-state index contributed by atoms with van der Waals surface area (Å²) in [5.41, 5.74) is 1.44. The van der Waals surface area contributed by atoms with Gasteiger partial charge in [-0.3, -0.25) is 14.5 Å². The van der Waals surface area contributed by atoms with Gasteiger partial charge in [-0.2, -0.15) is 5.26 Å². The van der Waals surface area contributed by atoms with E-state index in [-0.39, 0.29) is 27.3 Å². The Bertz CT molecular complexity index is 1320. The molecule has 0 aromatic heterocycles. The van der Waals surface area contributed by atoms with E-state index in [9.17, 15) is 19.2 Å². The van der Waals surface area contributed by atoms with E-state index >= 15 is 0 Å². The van der Waals surface area contributed by atoms with Gasteiger partial charge in [0.05, 0.1) is 15.3 Å². The summed E-state index contributed by atoms with van der Waals surface area (Å²) in [5.74, 6) is -1.32. The van der Waals surface area contributed by atoms with Gasteiger partial charge < -0.3 is 5.32 Å². The number of carbonyl (C=O) groups is 2. The predicted molar refractivity (Wildman–Crippen MR) is 133 cm³/mol. The standard InChI is InChI=1S/C25H16Cl2FN3O2S/c26-20-11-10-17(13-21(20)27)30-23(32)19(14-29)25-31(18-4-2-1-3-5-18)24(33)22(34-25)12-15-6-8-16(28)9-7-15/h1-11,13,22H,12H2,(H,30,32)/b25-19-. The number of nitriles is 1. The number of carbonyl (C=O) groups excluding carboxylic acids is 2. The van der Waals surface area contributed by atoms with Gasteiger partial charge in [0, 0.05) is 11.4 Å². The average Bonchev–Trinajstić information content (AvgIpc) is 3.14. The first-order valence-electron chi connectivity index (χ1n) is 10.1. The zero-order chi connectivity index (χ0) is 24.2. The van der Waals surface area contributed by atoms with Crippen molar-refractivity contribution in [1.29, 1.82) is 5.26 Å². The summed E-state index contributed by atoms with van der Waals surface area (Å²) in [7, 11) is 0. The van der Waals surface area contributed by atoms with Gasteiger partial charge in [-0.25, -0.2) is 4.39 Å². The fourth-order valence-electron chi connectivity index (χ4n) is 3.40. The fourth-order valence-corrected chi connectivity index (χ4v) is 5.01. The molecule has 1 aliphatic rings. The molecule has 1 atom stereocenters. The lowest BCUT2D eigenvalue weighted by Crippen LogP contribution is -2.30. The van der Waals surface area contributed by atoms with Crippen LogP contribution in [0, 0.1) is 17.1 Å². The average molecular weight is 512 g/mol. The van der Waals surface area contributed by atoms with Crippen LogP contribution in [-0.2, 0) is 16.0 Å². The third-order valence-corrected chi connectivity index (χ3v) is 7.03. The molecule has 0 saturated carbocycles. The molecule has 1 fully saturated rings. The SMILES string of the molecule is N#C/C(C(=O)Nc1ccc(Cl)c(Cl)c1)=C1/SC(Cc2ccc(F)cc2)C(=O)N1c1ccccc1. The van der Waals surface area contributed by atoms with Crippen molar-refractivity contribution in [3.63, 3.8) is 0 Å². The number of amides is 2. The monoisotopic (exact) mass is 511 g/mol. The number of rotatable bonds is 5. The Morgan fingerprint density at radius 2 is 1.76 bits per heavy atom. The summed E-state index contributed by atoms with van der Waals surface area (Å²) in [4.78, 5) is 27.8. The highest BCUT2D eigenvalue weighted by molar-refractivity contribution is 8.05. The summed E-state index contributed by atoms with van der Waals surface area (Å²) < 4.78 is 13.3. The van der Waals surface area contributed by atoms with Gasteiger partial charge in [-0.1, -0.05) is 65.3 Å². The summed E-state index contributed by atoms with van der Waals surface area (Å²) in [6.45, 7) is 0. The molecule has 3 aromatic carbocycles. The number of hydrogen-bond acceptors (Lipinski definition) is 4. The smallest absolute Gasteiger partial charge is 0.269 e. The van der Waals surface area contributed by atoms with Crippen LogP contribution in [0.3, 0.4) is 0 Å². The Morgan fingerprint density at radius 3 is 2.41 bits per heavy atom. The minimum Gasteiger partial charge on any atom is -0.321 e. The Balaban J connectivity index is 1.70. The number of nitrogens with zero attached hydrogens (tertiary/aromatic N) is 2. The van der Waals surface area contributed by atoms with Crippen LogP contribution in [0.15, 0.2) is 83.4 Å². The fraction of sp³-hybridized carbons (Fsp3) is 0.0800. The lowest BCUT2D eigenvalue weighted by atomic mass is 10.1. The van der Waals surface area contributed by atoms with Gasteiger partial charge in [0.2, 0.25) is 5.91 Å². The summed E-state index contributed by atoms with van der Waals surface area (Å²) in [6, 6.07) is 21.2. The number of thioether (sulfide) groups is 1. The van der Waals surface area contributed by atoms with Crippen molar-refractivity contribution in [2.24, 2.45) is 0 Å². The minimum atomic E-state index is -0.681. The van der Waals surface area contributed by atoms with E-state index in [1.807, 2.05) is 6.07 Å². The second kappa shape index (κ2) is 10.3. The zero-order valence-electron chi connectivity index (χ0n) is 17.5. The van der Waals surface area contributed by atoms with E-state index in [1.54, 1.807) is 48.5 Å². The van der Waals surface area contributed by atoms with Crippen molar-refractivity contribution >= 4 is 58.2 Å². The molecule has 34 heavy (non-hydrogen) atoms. The van der Waals surface area contributed by atoms with Crippen LogP contribution >= 0.6 is 35.0 Å². The number of anilines is 2. The molecule has 0 radical (unpaired) electrons. The van der Waals surface area contributed by atoms with E-state index in [4.69, 9.17) is 23.2 Å². The number of halogens is 3. The van der Waals surface area contributed by atoms with Gasteiger partial charge in [0.15, 0.2) is 0 Å². The van der Waals surface area contributed by atoms with Crippen LogP contribution < -0.4 is 10.2 Å². The Morgan fingerprint density at radius 1 is 1.06 bits per heavy atom. The van der Waals surface area contributed by atoms with Crippen LogP contribution in [0.25, 0.3) is 0 Å². The lowest BCUT2D eigenvalue weighted by molar-refractivity contribution is -0.117. The normalized spacial score (nSPS) is 16.8. The molecule has 9 heteroatoms. The van der Waals surface area contributed by atoms with Crippen molar-refractivity contribution < 1.29 is 14.0 Å². The van der Waals surface area contributed by atoms with E-state index in [2.05, 4.69) is 5.32 Å². The number of benzene rings is 3. The number of hydrogen-bond donors (Lipinski definition) is 1. The largest absolute Gasteiger partial charge is 0.321 e. The maximum absolute atomic E-state index is 13.4. The first-order valence-corrected chi connectivity index (χ1v) is 11.7. The topological polar surface area (TPSA) is 73.2 Å². The number of para-hydroxylation sites is 1. The van der Waals surface area contributed by atoms with Gasteiger partial charge in [0.25, 0.3) is 5.91 Å². The molecule has 2 amide bonds. The summed E-state index contributed by atoms with van der Waals surface area (Å²) in [6.07, 6.45) is 0.309. The second-order valence-corrected chi connectivity index (χ2v) is 9.33. The molecule has 0 bridgehead atoms. The van der Waals surface area contributed by atoms with E-state index in [0.29, 0.717) is 22.8 Å². The third kappa shape index (κ3) is 5.10. The molecule has 1 unspecified atom stereocenters. The molecule has 1 aliphatic heterocycles. The Hall–Kier alpha value is -3.31. The Labute approximate surface area is 209 Å². The number of nitrogens with one attached hydrogen (secondary N) is 1. The first-order chi connectivity index (χ1) is 16.4. The van der Waals surface area contributed by atoms with Gasteiger partial charge in [-0.05, 0) is 54.4 Å². The predicted octanol–water partition coefficient (Wildman–Crippen LogP) is 6.20. The minimum absolute atomic E-state index is 0.213. The molecule has 5 nitrogen and oxygen atoms in total. The van der Waals surface area contributed by atoms with Gasteiger partial charge in [0.1, 0.15) is 22.5 Å². The van der Waals surface area contributed by atoms with Crippen molar-refractivity contribution in [2.45, 2.75) is 11.7 Å². The molecule has 1 N–H and O–H groups in total. The highest BCUT2D eigenvalue weighted by Gasteiger charge is 2.40. The van der Waals surface area contributed by atoms with Crippen LogP contribution in [0.5, 0.6) is 0 Å². The molecule has 0 aliphatic carbocycles. The lowest BCUT2D eigenvalue weighted by Gasteiger charge is -2.18. The highest BCUT2D eigenvalue weighted by Crippen LogP contribution is 2.42. The highest BCUT2D eigenvalue weighted by atomic mass is 35.5. The maximum atomic E-state index is 13.4. The Kier molecular flexibility index (Phi) is 7.23. The van der Waals surface area contributed by atoms with Crippen LogP contribution in [0.1, 0.15) is 5.56 Å². The van der Waals surface area contributed by atoms with Crippen molar-refractivity contribution in [2.75, 3.05) is 10.2 Å². The van der Waals surface area contributed by atoms with Crippen molar-refractivity contribution in [1.82, 2.24) is 0 Å². The third-order valence-electron chi connectivity index (χ3n) is 5.03. The summed E-state index contributed by atoms with van der Waals surface area (Å²) >= 11 is 13.1. The second-order valence-electron chi connectivity index (χ2n) is 7.32. The summed E-state index contributed by atoms with van der Waals surface area (Å²) in [5, 5.41) is 12.7. The molecule has 4 rings (SSSR count). The van der Waals surface area contributed by atoms with Crippen LogP contribution in [-0.4, -0.2) is 17.1 Å². The van der Waals surface area contributed by atoms with E-state index in [1.165, 1.54) is 29.2 Å². The van der Waals surface area contributed by atoms with Gasteiger partial charge in [-0.15, -0.1) is 0 Å². The molecule has 170 valence electrons. The molecule has 1 heterocycles. The molecular formula is C25H16Cl2FN3O2S. The van der Waals surface area contributed by atoms with Gasteiger partial charge >= 0.3 is 0 Å². The van der Waals surface area contributed by atoms with Crippen LogP contribution in [0.2, 0.25) is 10.0 Å². The quantitative estimate of drug-likeness (QED) is 0.327. The van der Waals surface area contributed by atoms with E-state index < -0.39 is 11.2 Å². The first kappa shape index (κ1) is 23.8. The molecule has 1 saturated heterocycles. The zero-order valence-corrected chi connectivity index (χ0v) is 19.8. The van der Waals surface area contributed by atoms with E-state index in [0.717, 1.165) is 17.3 Å². The molecule has 0 spiro atoms.